The van der Waals surface area contributed by atoms with Gasteiger partial charge in [-0.05, 0) is 57.5 Å². The zero-order valence-corrected chi connectivity index (χ0v) is 14.9. The zero-order valence-electron chi connectivity index (χ0n) is 14.9. The largest absolute Gasteiger partial charge is 0.486 e. The molecule has 0 amide bonds. The molecule has 1 aromatic rings. The van der Waals surface area contributed by atoms with Crippen molar-refractivity contribution in [2.24, 2.45) is 0 Å². The number of nitrogens with zero attached hydrogens (tertiary/aromatic N) is 1. The number of hydrogen-bond acceptors (Lipinski definition) is 5. The Bertz CT molecular complexity index is 513. The molecule has 2 atom stereocenters. The Labute approximate surface area is 145 Å². The van der Waals surface area contributed by atoms with Gasteiger partial charge in [0.15, 0.2) is 11.5 Å². The first-order valence-corrected chi connectivity index (χ1v) is 9.18. The fourth-order valence-electron chi connectivity index (χ4n) is 3.48. The van der Waals surface area contributed by atoms with E-state index < -0.39 is 0 Å². The average Bonchev–Trinajstić information content (AvgIpc) is 2.57. The number of fused-ring (bicyclic) bond motifs is 1. The van der Waals surface area contributed by atoms with Crippen LogP contribution < -0.4 is 14.8 Å². The summed E-state index contributed by atoms with van der Waals surface area (Å²) in [5, 5.41) is 3.52. The van der Waals surface area contributed by atoms with Crippen molar-refractivity contribution in [3.05, 3.63) is 23.8 Å². The smallest absolute Gasteiger partial charge is 0.161 e. The first kappa shape index (κ1) is 17.5. The number of rotatable bonds is 7. The number of unbranched alkanes of at least 4 members (excludes halogenated alkanes) is 1. The van der Waals surface area contributed by atoms with Gasteiger partial charge in [0.25, 0.3) is 0 Å². The summed E-state index contributed by atoms with van der Waals surface area (Å²) in [6.45, 7) is 10.8. The second-order valence-electron chi connectivity index (χ2n) is 6.88. The SMILES string of the molecule is CC1CN(CCCCNCc2ccc3c(c2)OCCO3)CC(C)O1. The lowest BCUT2D eigenvalue weighted by Gasteiger charge is -2.35. The van der Waals surface area contributed by atoms with Gasteiger partial charge in [-0.25, -0.2) is 0 Å². The predicted molar refractivity (Wildman–Crippen MR) is 94.8 cm³/mol. The Morgan fingerprint density at radius 3 is 2.58 bits per heavy atom. The highest BCUT2D eigenvalue weighted by atomic mass is 16.6. The van der Waals surface area contributed by atoms with Crippen molar-refractivity contribution >= 4 is 0 Å². The van der Waals surface area contributed by atoms with Crippen molar-refractivity contribution in [1.29, 1.82) is 0 Å². The lowest BCUT2D eigenvalue weighted by Crippen LogP contribution is -2.45. The van der Waals surface area contributed by atoms with Gasteiger partial charge in [0.2, 0.25) is 0 Å². The molecule has 2 unspecified atom stereocenters. The van der Waals surface area contributed by atoms with Crippen LogP contribution in [0.5, 0.6) is 11.5 Å². The van der Waals surface area contributed by atoms with Crippen LogP contribution in [-0.4, -0.2) is 56.5 Å². The molecular formula is C19H30N2O3. The van der Waals surface area contributed by atoms with Gasteiger partial charge in [0, 0.05) is 19.6 Å². The normalized spacial score (nSPS) is 24.1. The van der Waals surface area contributed by atoms with Gasteiger partial charge in [0.05, 0.1) is 12.2 Å². The maximum Gasteiger partial charge on any atom is 0.161 e. The van der Waals surface area contributed by atoms with Crippen LogP contribution in [0, 0.1) is 0 Å². The Hall–Kier alpha value is -1.30. The molecule has 24 heavy (non-hydrogen) atoms. The van der Waals surface area contributed by atoms with Crippen LogP contribution in [0.3, 0.4) is 0 Å². The standard InChI is InChI=1S/C19H30N2O3/c1-15-13-21(14-16(2)24-15)8-4-3-7-20-12-17-5-6-18-19(11-17)23-10-9-22-18/h5-6,11,15-16,20H,3-4,7-10,12-14H2,1-2H3. The van der Waals surface area contributed by atoms with E-state index in [2.05, 4.69) is 36.2 Å². The zero-order chi connectivity index (χ0) is 16.8. The lowest BCUT2D eigenvalue weighted by atomic mass is 10.2. The maximum atomic E-state index is 5.78. The van der Waals surface area contributed by atoms with Gasteiger partial charge in [0.1, 0.15) is 13.2 Å². The molecule has 1 fully saturated rings. The number of nitrogens with one attached hydrogen (secondary N) is 1. The third-order valence-electron chi connectivity index (χ3n) is 4.51. The summed E-state index contributed by atoms with van der Waals surface area (Å²) in [7, 11) is 0. The van der Waals surface area contributed by atoms with Gasteiger partial charge in [-0.3, -0.25) is 4.90 Å². The molecule has 2 aliphatic rings. The second-order valence-corrected chi connectivity index (χ2v) is 6.88. The molecular weight excluding hydrogens is 304 g/mol. The van der Waals surface area contributed by atoms with E-state index in [0.29, 0.717) is 25.4 Å². The number of benzene rings is 1. The molecule has 1 aromatic carbocycles. The van der Waals surface area contributed by atoms with Crippen LogP contribution in [0.4, 0.5) is 0 Å². The fraction of sp³-hybridized carbons (Fsp3) is 0.684. The van der Waals surface area contributed by atoms with Crippen molar-refractivity contribution in [3.8, 4) is 11.5 Å². The Balaban J connectivity index is 1.30. The molecule has 5 nitrogen and oxygen atoms in total. The first-order chi connectivity index (χ1) is 11.7. The molecule has 1 saturated heterocycles. The summed E-state index contributed by atoms with van der Waals surface area (Å²) >= 11 is 0. The molecule has 3 rings (SSSR count). The van der Waals surface area contributed by atoms with Gasteiger partial charge in [-0.1, -0.05) is 6.07 Å². The number of hydrogen-bond donors (Lipinski definition) is 1. The molecule has 0 aromatic heterocycles. The Morgan fingerprint density at radius 2 is 1.79 bits per heavy atom. The predicted octanol–water partition coefficient (Wildman–Crippen LogP) is 2.44. The fourth-order valence-corrected chi connectivity index (χ4v) is 3.48. The van der Waals surface area contributed by atoms with E-state index >= 15 is 0 Å². The van der Waals surface area contributed by atoms with E-state index in [1.54, 1.807) is 0 Å². The molecule has 5 heteroatoms. The molecule has 0 aliphatic carbocycles. The molecule has 2 heterocycles. The first-order valence-electron chi connectivity index (χ1n) is 9.18. The van der Waals surface area contributed by atoms with Gasteiger partial charge < -0.3 is 19.5 Å². The van der Waals surface area contributed by atoms with Crippen LogP contribution in [0.1, 0.15) is 32.3 Å². The highest BCUT2D eigenvalue weighted by Crippen LogP contribution is 2.30. The summed E-state index contributed by atoms with van der Waals surface area (Å²) in [6, 6.07) is 6.20. The summed E-state index contributed by atoms with van der Waals surface area (Å²) in [4.78, 5) is 2.53. The minimum absolute atomic E-state index is 0.363. The Morgan fingerprint density at radius 1 is 1.04 bits per heavy atom. The van der Waals surface area contributed by atoms with Crippen LogP contribution in [0.2, 0.25) is 0 Å². The van der Waals surface area contributed by atoms with Crippen molar-refractivity contribution in [2.75, 3.05) is 39.4 Å². The third kappa shape index (κ3) is 5.10. The average molecular weight is 334 g/mol. The van der Waals surface area contributed by atoms with Crippen molar-refractivity contribution in [2.45, 2.75) is 45.4 Å². The molecule has 0 bridgehead atoms. The minimum Gasteiger partial charge on any atom is -0.486 e. The van der Waals surface area contributed by atoms with E-state index in [9.17, 15) is 0 Å². The second kappa shape index (κ2) is 8.70. The minimum atomic E-state index is 0.363. The highest BCUT2D eigenvalue weighted by Gasteiger charge is 2.21. The number of ether oxygens (including phenoxy) is 3. The highest BCUT2D eigenvalue weighted by molar-refractivity contribution is 5.43. The molecule has 0 saturated carbocycles. The van der Waals surface area contributed by atoms with E-state index in [1.165, 1.54) is 24.9 Å². The summed E-state index contributed by atoms with van der Waals surface area (Å²) in [5.41, 5.74) is 1.25. The van der Waals surface area contributed by atoms with Crippen LogP contribution in [-0.2, 0) is 11.3 Å². The monoisotopic (exact) mass is 334 g/mol. The molecule has 2 aliphatic heterocycles. The number of morpholine rings is 1. The van der Waals surface area contributed by atoms with Gasteiger partial charge in [-0.15, -0.1) is 0 Å². The third-order valence-corrected chi connectivity index (χ3v) is 4.51. The maximum absolute atomic E-state index is 5.78. The van der Waals surface area contributed by atoms with Crippen LogP contribution in [0.25, 0.3) is 0 Å². The Kier molecular flexibility index (Phi) is 6.35. The van der Waals surface area contributed by atoms with Crippen molar-refractivity contribution in [3.63, 3.8) is 0 Å². The van der Waals surface area contributed by atoms with Crippen molar-refractivity contribution in [1.82, 2.24) is 10.2 Å². The molecule has 0 spiro atoms. The van der Waals surface area contributed by atoms with Gasteiger partial charge in [-0.2, -0.15) is 0 Å². The molecule has 0 radical (unpaired) electrons. The molecule has 1 N–H and O–H groups in total. The van der Waals surface area contributed by atoms with E-state index in [0.717, 1.165) is 37.7 Å². The topological polar surface area (TPSA) is 43.0 Å². The molecule has 134 valence electrons. The lowest BCUT2D eigenvalue weighted by molar-refractivity contribution is -0.0681. The van der Waals surface area contributed by atoms with Crippen LogP contribution in [0.15, 0.2) is 18.2 Å². The summed E-state index contributed by atoms with van der Waals surface area (Å²) in [5.74, 6) is 1.73. The van der Waals surface area contributed by atoms with Crippen molar-refractivity contribution < 1.29 is 14.2 Å². The quantitative estimate of drug-likeness (QED) is 0.776. The van der Waals surface area contributed by atoms with Gasteiger partial charge >= 0.3 is 0 Å². The summed E-state index contributed by atoms with van der Waals surface area (Å²) in [6.07, 6.45) is 3.15. The van der Waals surface area contributed by atoms with E-state index in [1.807, 2.05) is 6.07 Å². The van der Waals surface area contributed by atoms with Crippen LogP contribution >= 0.6 is 0 Å². The van der Waals surface area contributed by atoms with E-state index in [4.69, 9.17) is 14.2 Å². The summed E-state index contributed by atoms with van der Waals surface area (Å²) < 4.78 is 17.0. The van der Waals surface area contributed by atoms with E-state index in [-0.39, 0.29) is 0 Å².